The molecule has 0 saturated heterocycles. The average molecular weight is 446 g/mol. The fraction of sp³-hybridized carbons (Fsp3) is 0.455. The maximum Gasteiger partial charge on any atom is 0.254 e. The lowest BCUT2D eigenvalue weighted by molar-refractivity contribution is -0.133. The first-order valence-electron chi connectivity index (χ1n) is 9.79. The highest BCUT2D eigenvalue weighted by Gasteiger charge is 2.34. The van der Waals surface area contributed by atoms with Crippen molar-refractivity contribution in [2.45, 2.75) is 39.3 Å². The number of carbonyl (C=O) groups is 2. The number of nitrogens with zero attached hydrogens (tertiary/aromatic N) is 3. The van der Waals surface area contributed by atoms with Crippen LogP contribution < -0.4 is 0 Å². The van der Waals surface area contributed by atoms with Crippen molar-refractivity contribution >= 4 is 27.7 Å². The van der Waals surface area contributed by atoms with E-state index in [-0.39, 0.29) is 24.3 Å². The summed E-state index contributed by atoms with van der Waals surface area (Å²) in [6.07, 6.45) is 4.08. The molecule has 150 valence electrons. The molecule has 0 radical (unpaired) electrons. The second-order valence-corrected chi connectivity index (χ2v) is 8.87. The van der Waals surface area contributed by atoms with Gasteiger partial charge in [0, 0.05) is 41.6 Å². The fourth-order valence-corrected chi connectivity index (χ4v) is 3.76. The molecule has 6 heteroatoms. The van der Waals surface area contributed by atoms with E-state index in [1.54, 1.807) is 11.0 Å². The number of benzene rings is 1. The van der Waals surface area contributed by atoms with Gasteiger partial charge in [-0.05, 0) is 49.1 Å². The fourth-order valence-electron chi connectivity index (χ4n) is 3.36. The zero-order valence-corrected chi connectivity index (χ0v) is 18.4. The summed E-state index contributed by atoms with van der Waals surface area (Å²) in [6.45, 7) is 5.39. The summed E-state index contributed by atoms with van der Waals surface area (Å²) >= 11 is 3.42. The van der Waals surface area contributed by atoms with Gasteiger partial charge in [-0.2, -0.15) is 0 Å². The maximum atomic E-state index is 13.2. The van der Waals surface area contributed by atoms with Gasteiger partial charge in [-0.1, -0.05) is 35.8 Å². The van der Waals surface area contributed by atoms with Gasteiger partial charge in [-0.25, -0.2) is 0 Å². The minimum atomic E-state index is -0.0991. The first-order chi connectivity index (χ1) is 13.3. The highest BCUT2D eigenvalue weighted by Crippen LogP contribution is 2.29. The Morgan fingerprint density at radius 3 is 2.54 bits per heavy atom. The number of rotatable bonds is 8. The van der Waals surface area contributed by atoms with Crippen molar-refractivity contribution in [3.05, 3.63) is 58.3 Å². The smallest absolute Gasteiger partial charge is 0.254 e. The first kappa shape index (κ1) is 20.6. The third-order valence-electron chi connectivity index (χ3n) is 4.96. The monoisotopic (exact) mass is 445 g/mol. The Hall–Kier alpha value is -2.08. The van der Waals surface area contributed by atoms with Crippen molar-refractivity contribution in [1.82, 2.24) is 14.4 Å². The quantitative estimate of drug-likeness (QED) is 0.614. The van der Waals surface area contributed by atoms with E-state index in [1.807, 2.05) is 53.0 Å². The van der Waals surface area contributed by atoms with Crippen LogP contribution in [0.25, 0.3) is 0 Å². The molecule has 1 aromatic carbocycles. The van der Waals surface area contributed by atoms with Gasteiger partial charge in [0.05, 0.1) is 6.54 Å². The Morgan fingerprint density at radius 2 is 1.96 bits per heavy atom. The summed E-state index contributed by atoms with van der Waals surface area (Å²) in [5, 5.41) is 0. The number of hydrogen-bond acceptors (Lipinski definition) is 2. The standard InChI is InChI=1S/C22H28BrN3O2/c1-16(2)13-25(22(28)17-6-4-7-18(23)12-17)15-21(27)26(19-9-10-19)14-20-8-5-11-24(20)3/h4-8,11-12,16,19H,9-10,13-15H2,1-3H3. The molecule has 2 amide bonds. The van der Waals surface area contributed by atoms with Crippen molar-refractivity contribution in [2.75, 3.05) is 13.1 Å². The minimum Gasteiger partial charge on any atom is -0.353 e. The van der Waals surface area contributed by atoms with Gasteiger partial charge < -0.3 is 14.4 Å². The van der Waals surface area contributed by atoms with E-state index in [2.05, 4.69) is 29.8 Å². The van der Waals surface area contributed by atoms with Crippen LogP contribution in [-0.4, -0.2) is 45.3 Å². The van der Waals surface area contributed by atoms with E-state index in [4.69, 9.17) is 0 Å². The van der Waals surface area contributed by atoms with Crippen molar-refractivity contribution in [3.8, 4) is 0 Å². The minimum absolute atomic E-state index is 0.0210. The van der Waals surface area contributed by atoms with Crippen LogP contribution in [0.15, 0.2) is 47.1 Å². The Kier molecular flexibility index (Phi) is 6.60. The molecule has 0 spiro atoms. The van der Waals surface area contributed by atoms with Crippen LogP contribution in [0.5, 0.6) is 0 Å². The molecular formula is C22H28BrN3O2. The first-order valence-corrected chi connectivity index (χ1v) is 10.6. The molecule has 0 bridgehead atoms. The molecule has 1 aliphatic rings. The topological polar surface area (TPSA) is 45.6 Å². The van der Waals surface area contributed by atoms with Gasteiger partial charge in [0.15, 0.2) is 0 Å². The van der Waals surface area contributed by atoms with Crippen LogP contribution in [-0.2, 0) is 18.4 Å². The van der Waals surface area contributed by atoms with Crippen LogP contribution in [0.1, 0.15) is 42.7 Å². The van der Waals surface area contributed by atoms with E-state index in [0.717, 1.165) is 23.0 Å². The van der Waals surface area contributed by atoms with Gasteiger partial charge >= 0.3 is 0 Å². The molecule has 1 fully saturated rings. The third-order valence-corrected chi connectivity index (χ3v) is 5.46. The van der Waals surface area contributed by atoms with E-state index >= 15 is 0 Å². The molecule has 28 heavy (non-hydrogen) atoms. The molecule has 0 aliphatic heterocycles. The van der Waals surface area contributed by atoms with Crippen molar-refractivity contribution in [3.63, 3.8) is 0 Å². The van der Waals surface area contributed by atoms with Crippen molar-refractivity contribution in [1.29, 1.82) is 0 Å². The van der Waals surface area contributed by atoms with E-state index < -0.39 is 0 Å². The number of hydrogen-bond donors (Lipinski definition) is 0. The summed E-state index contributed by atoms with van der Waals surface area (Å²) in [6, 6.07) is 11.7. The van der Waals surface area contributed by atoms with Crippen LogP contribution in [0, 0.1) is 5.92 Å². The van der Waals surface area contributed by atoms with Gasteiger partial charge in [-0.3, -0.25) is 9.59 Å². The highest BCUT2D eigenvalue weighted by atomic mass is 79.9. The molecule has 2 aromatic rings. The maximum absolute atomic E-state index is 13.2. The summed E-state index contributed by atoms with van der Waals surface area (Å²) in [4.78, 5) is 29.9. The summed E-state index contributed by atoms with van der Waals surface area (Å²) in [5.41, 5.74) is 1.71. The third kappa shape index (κ3) is 5.25. The normalized spacial score (nSPS) is 13.6. The summed E-state index contributed by atoms with van der Waals surface area (Å²) < 4.78 is 2.90. The zero-order chi connectivity index (χ0) is 20.3. The largest absolute Gasteiger partial charge is 0.353 e. The van der Waals surface area contributed by atoms with Crippen LogP contribution in [0.2, 0.25) is 0 Å². The summed E-state index contributed by atoms with van der Waals surface area (Å²) in [7, 11) is 1.99. The van der Waals surface area contributed by atoms with Crippen LogP contribution >= 0.6 is 15.9 Å². The Labute approximate surface area is 175 Å². The molecule has 3 rings (SSSR count). The molecule has 5 nitrogen and oxygen atoms in total. The Morgan fingerprint density at radius 1 is 1.21 bits per heavy atom. The molecule has 0 unspecified atom stereocenters. The van der Waals surface area contributed by atoms with Gasteiger partial charge in [0.1, 0.15) is 6.54 Å². The number of aryl methyl sites for hydroxylation is 1. The number of halogens is 1. The molecule has 0 atom stereocenters. The predicted molar refractivity (Wildman–Crippen MR) is 114 cm³/mol. The predicted octanol–water partition coefficient (Wildman–Crippen LogP) is 4.08. The zero-order valence-electron chi connectivity index (χ0n) is 16.8. The van der Waals surface area contributed by atoms with E-state index in [1.165, 1.54) is 0 Å². The lowest BCUT2D eigenvalue weighted by atomic mass is 10.1. The lowest BCUT2D eigenvalue weighted by Crippen LogP contribution is -2.45. The molecule has 1 aliphatic carbocycles. The molecule has 1 saturated carbocycles. The SMILES string of the molecule is CC(C)CN(CC(=O)N(Cc1cccn1C)C1CC1)C(=O)c1cccc(Br)c1. The highest BCUT2D eigenvalue weighted by molar-refractivity contribution is 9.10. The summed E-state index contributed by atoms with van der Waals surface area (Å²) in [5.74, 6) is 0.205. The van der Waals surface area contributed by atoms with Crippen LogP contribution in [0.4, 0.5) is 0 Å². The Bertz CT molecular complexity index is 842. The molecule has 0 N–H and O–H groups in total. The number of amides is 2. The molecule has 1 aromatic heterocycles. The second kappa shape index (κ2) is 8.95. The van der Waals surface area contributed by atoms with Crippen LogP contribution in [0.3, 0.4) is 0 Å². The average Bonchev–Trinajstić information content (AvgIpc) is 3.40. The van der Waals surface area contributed by atoms with Crippen molar-refractivity contribution < 1.29 is 9.59 Å². The number of aromatic nitrogens is 1. The Balaban J connectivity index is 1.76. The molecular weight excluding hydrogens is 418 g/mol. The lowest BCUT2D eigenvalue weighted by Gasteiger charge is -2.29. The van der Waals surface area contributed by atoms with Crippen molar-refractivity contribution in [2.24, 2.45) is 13.0 Å². The second-order valence-electron chi connectivity index (χ2n) is 7.95. The van der Waals surface area contributed by atoms with Gasteiger partial charge in [-0.15, -0.1) is 0 Å². The van der Waals surface area contributed by atoms with Gasteiger partial charge in [0.2, 0.25) is 5.91 Å². The van der Waals surface area contributed by atoms with E-state index in [9.17, 15) is 9.59 Å². The van der Waals surface area contributed by atoms with Gasteiger partial charge in [0.25, 0.3) is 5.91 Å². The number of carbonyl (C=O) groups excluding carboxylic acids is 2. The molecule has 1 heterocycles. The van der Waals surface area contributed by atoms with E-state index in [0.29, 0.717) is 24.7 Å².